The van der Waals surface area contributed by atoms with E-state index in [9.17, 15) is 4.79 Å². The van der Waals surface area contributed by atoms with Gasteiger partial charge in [0, 0.05) is 18.8 Å². The van der Waals surface area contributed by atoms with Gasteiger partial charge in [0.2, 0.25) is 0 Å². The molecule has 0 amide bonds. The number of benzene rings is 1. The molecule has 102 valence electrons. The first kappa shape index (κ1) is 14.1. The van der Waals surface area contributed by atoms with Crippen molar-refractivity contribution in [1.29, 1.82) is 0 Å². The Morgan fingerprint density at radius 3 is 2.89 bits per heavy atom. The van der Waals surface area contributed by atoms with Crippen LogP contribution in [0.25, 0.3) is 11.0 Å². The topological polar surface area (TPSA) is 34.9 Å². The van der Waals surface area contributed by atoms with Crippen molar-refractivity contribution in [2.24, 2.45) is 0 Å². The molecular formula is C15H19ClN2O. The average Bonchev–Trinajstić information content (AvgIpc) is 2.75. The summed E-state index contributed by atoms with van der Waals surface area (Å²) in [6.45, 7) is 3.03. The molecule has 0 saturated heterocycles. The monoisotopic (exact) mass is 278 g/mol. The molecule has 1 aromatic heterocycles. The van der Waals surface area contributed by atoms with Crippen molar-refractivity contribution in [3.8, 4) is 0 Å². The minimum Gasteiger partial charge on any atom is -0.328 e. The van der Waals surface area contributed by atoms with E-state index in [1.165, 1.54) is 0 Å². The van der Waals surface area contributed by atoms with Crippen molar-refractivity contribution in [3.05, 3.63) is 30.1 Å². The zero-order valence-corrected chi connectivity index (χ0v) is 12.0. The molecule has 0 atom stereocenters. The Morgan fingerprint density at radius 2 is 2.16 bits per heavy atom. The molecule has 0 unspecified atom stereocenters. The predicted octanol–water partition coefficient (Wildman–Crippen LogP) is 3.58. The van der Waals surface area contributed by atoms with E-state index in [1.807, 2.05) is 18.2 Å². The van der Waals surface area contributed by atoms with Crippen molar-refractivity contribution in [2.75, 3.05) is 5.88 Å². The molecule has 2 aromatic rings. The summed E-state index contributed by atoms with van der Waals surface area (Å²) in [6, 6.07) is 8.04. The van der Waals surface area contributed by atoms with Gasteiger partial charge in [-0.25, -0.2) is 4.98 Å². The molecule has 2 rings (SSSR count). The fourth-order valence-electron chi connectivity index (χ4n) is 2.26. The van der Waals surface area contributed by atoms with Crippen LogP contribution in [-0.2, 0) is 17.8 Å². The normalized spacial score (nSPS) is 11.1. The van der Waals surface area contributed by atoms with E-state index < -0.39 is 0 Å². The lowest BCUT2D eigenvalue weighted by Crippen LogP contribution is -2.10. The van der Waals surface area contributed by atoms with Crippen LogP contribution < -0.4 is 0 Å². The lowest BCUT2D eigenvalue weighted by Gasteiger charge is -2.07. The van der Waals surface area contributed by atoms with Gasteiger partial charge in [-0.3, -0.25) is 4.79 Å². The van der Waals surface area contributed by atoms with E-state index in [-0.39, 0.29) is 5.78 Å². The third kappa shape index (κ3) is 3.35. The lowest BCUT2D eigenvalue weighted by molar-refractivity contribution is -0.118. The molecule has 0 aliphatic rings. The highest BCUT2D eigenvalue weighted by Crippen LogP contribution is 2.17. The molecule has 0 N–H and O–H groups in total. The van der Waals surface area contributed by atoms with Gasteiger partial charge in [-0.15, -0.1) is 11.6 Å². The molecule has 0 radical (unpaired) electrons. The fourth-order valence-corrected chi connectivity index (χ4v) is 2.40. The van der Waals surface area contributed by atoms with Crippen LogP contribution in [0.3, 0.4) is 0 Å². The summed E-state index contributed by atoms with van der Waals surface area (Å²) in [7, 11) is 0. The van der Waals surface area contributed by atoms with Crippen LogP contribution in [0.5, 0.6) is 0 Å². The SMILES string of the molecule is CCCn1c(CC(=O)CCCCl)nc2ccccc21. The van der Waals surface area contributed by atoms with Gasteiger partial charge in [0.05, 0.1) is 17.5 Å². The molecule has 1 heterocycles. The van der Waals surface area contributed by atoms with Crippen LogP contribution in [0.15, 0.2) is 24.3 Å². The quantitative estimate of drug-likeness (QED) is 0.726. The molecular weight excluding hydrogens is 260 g/mol. The summed E-state index contributed by atoms with van der Waals surface area (Å²) in [5.41, 5.74) is 2.08. The Kier molecular flexibility index (Phi) is 4.97. The van der Waals surface area contributed by atoms with Crippen molar-refractivity contribution in [3.63, 3.8) is 0 Å². The molecule has 0 aliphatic carbocycles. The summed E-state index contributed by atoms with van der Waals surface area (Å²) in [5.74, 6) is 1.63. The number of rotatable bonds is 7. The van der Waals surface area contributed by atoms with E-state index in [1.54, 1.807) is 0 Å². The summed E-state index contributed by atoms with van der Waals surface area (Å²) >= 11 is 5.62. The maximum atomic E-state index is 11.9. The molecule has 3 nitrogen and oxygen atoms in total. The molecule has 19 heavy (non-hydrogen) atoms. The molecule has 0 fully saturated rings. The number of nitrogens with zero attached hydrogens (tertiary/aromatic N) is 2. The minimum absolute atomic E-state index is 0.216. The van der Waals surface area contributed by atoms with Gasteiger partial charge < -0.3 is 4.57 Å². The standard InChI is InChI=1S/C15H19ClN2O/c1-2-10-18-14-8-4-3-7-13(14)17-15(18)11-12(19)6-5-9-16/h3-4,7-8H,2,5-6,9-11H2,1H3. The van der Waals surface area contributed by atoms with E-state index in [0.717, 1.165) is 36.2 Å². The second-order valence-electron chi connectivity index (χ2n) is 4.68. The zero-order chi connectivity index (χ0) is 13.7. The van der Waals surface area contributed by atoms with Crippen LogP contribution >= 0.6 is 11.6 Å². The molecule has 1 aromatic carbocycles. The number of carbonyl (C=O) groups is 1. The highest BCUT2D eigenvalue weighted by Gasteiger charge is 2.13. The minimum atomic E-state index is 0.216. The number of para-hydroxylation sites is 2. The largest absolute Gasteiger partial charge is 0.328 e. The number of carbonyl (C=O) groups excluding carboxylic acids is 1. The summed E-state index contributed by atoms with van der Waals surface area (Å²) in [6.07, 6.45) is 2.72. The summed E-state index contributed by atoms with van der Waals surface area (Å²) in [5, 5.41) is 0. The number of aryl methyl sites for hydroxylation is 1. The first-order valence-electron chi connectivity index (χ1n) is 6.78. The van der Waals surface area contributed by atoms with Crippen LogP contribution in [0, 0.1) is 0 Å². The highest BCUT2D eigenvalue weighted by atomic mass is 35.5. The summed E-state index contributed by atoms with van der Waals surface area (Å²) < 4.78 is 2.16. The fraction of sp³-hybridized carbons (Fsp3) is 0.467. The Balaban J connectivity index is 2.26. The molecule has 0 saturated carbocycles. The van der Waals surface area contributed by atoms with Crippen LogP contribution in [0.2, 0.25) is 0 Å². The molecule has 0 spiro atoms. The Morgan fingerprint density at radius 1 is 1.37 bits per heavy atom. The number of Topliss-reactive ketones (excluding diaryl/α,β-unsaturated/α-hetero) is 1. The molecule has 0 bridgehead atoms. The van der Waals surface area contributed by atoms with Crippen LogP contribution in [0.1, 0.15) is 32.0 Å². The van der Waals surface area contributed by atoms with Crippen molar-refractivity contribution < 1.29 is 4.79 Å². The summed E-state index contributed by atoms with van der Waals surface area (Å²) in [4.78, 5) is 16.5. The van der Waals surface area contributed by atoms with Gasteiger partial charge >= 0.3 is 0 Å². The predicted molar refractivity (Wildman–Crippen MR) is 78.7 cm³/mol. The maximum absolute atomic E-state index is 11.9. The van der Waals surface area contributed by atoms with Crippen molar-refractivity contribution in [1.82, 2.24) is 9.55 Å². The van der Waals surface area contributed by atoms with Gasteiger partial charge in [0.25, 0.3) is 0 Å². The average molecular weight is 279 g/mol. The number of alkyl halides is 1. The number of hydrogen-bond acceptors (Lipinski definition) is 2. The van der Waals surface area contributed by atoms with E-state index >= 15 is 0 Å². The Bertz CT molecular complexity index is 562. The van der Waals surface area contributed by atoms with E-state index in [0.29, 0.717) is 18.7 Å². The van der Waals surface area contributed by atoms with Crippen LogP contribution in [0.4, 0.5) is 0 Å². The van der Waals surface area contributed by atoms with E-state index in [4.69, 9.17) is 11.6 Å². The molecule has 4 heteroatoms. The first-order valence-corrected chi connectivity index (χ1v) is 7.31. The van der Waals surface area contributed by atoms with Crippen molar-refractivity contribution >= 4 is 28.4 Å². The number of hydrogen-bond donors (Lipinski definition) is 0. The third-order valence-electron chi connectivity index (χ3n) is 3.13. The smallest absolute Gasteiger partial charge is 0.140 e. The van der Waals surface area contributed by atoms with Gasteiger partial charge in [-0.05, 0) is 25.0 Å². The van der Waals surface area contributed by atoms with E-state index in [2.05, 4.69) is 22.5 Å². The number of halogens is 1. The van der Waals surface area contributed by atoms with Gasteiger partial charge in [0.1, 0.15) is 11.6 Å². The van der Waals surface area contributed by atoms with Gasteiger partial charge in [-0.1, -0.05) is 19.1 Å². The third-order valence-corrected chi connectivity index (χ3v) is 3.39. The second-order valence-corrected chi connectivity index (χ2v) is 5.05. The van der Waals surface area contributed by atoms with Crippen LogP contribution in [-0.4, -0.2) is 21.2 Å². The molecule has 0 aliphatic heterocycles. The Hall–Kier alpha value is -1.35. The van der Waals surface area contributed by atoms with Gasteiger partial charge in [-0.2, -0.15) is 0 Å². The number of imidazole rings is 1. The zero-order valence-electron chi connectivity index (χ0n) is 11.2. The number of fused-ring (bicyclic) bond motifs is 1. The van der Waals surface area contributed by atoms with Gasteiger partial charge in [0.15, 0.2) is 0 Å². The first-order chi connectivity index (χ1) is 9.26. The second kappa shape index (κ2) is 6.71. The Labute approximate surface area is 118 Å². The lowest BCUT2D eigenvalue weighted by atomic mass is 10.2. The maximum Gasteiger partial charge on any atom is 0.140 e. The number of ketones is 1. The highest BCUT2D eigenvalue weighted by molar-refractivity contribution is 6.17. The number of aromatic nitrogens is 2. The van der Waals surface area contributed by atoms with Crippen molar-refractivity contribution in [2.45, 2.75) is 39.2 Å².